The van der Waals surface area contributed by atoms with Crippen molar-refractivity contribution in [1.29, 1.82) is 0 Å². The number of rotatable bonds is 2. The van der Waals surface area contributed by atoms with Crippen LogP contribution in [-0.4, -0.2) is 10.2 Å². The summed E-state index contributed by atoms with van der Waals surface area (Å²) in [6.45, 7) is 0. The smallest absolute Gasteiger partial charge is 0.0385 e. The van der Waals surface area contributed by atoms with E-state index in [0.717, 1.165) is 16.7 Å². The van der Waals surface area contributed by atoms with E-state index in [1.165, 1.54) is 10.8 Å². The number of allylic oxidation sites excluding steroid dienone is 4. The average Bonchev–Trinajstić information content (AvgIpc) is 2.57. The lowest BCUT2D eigenvalue weighted by Gasteiger charge is -2.05. The van der Waals surface area contributed by atoms with Gasteiger partial charge in [0, 0.05) is 10.2 Å². The van der Waals surface area contributed by atoms with Crippen LogP contribution in [0.3, 0.4) is 0 Å². The lowest BCUT2D eigenvalue weighted by atomic mass is 10.0. The first-order valence-corrected chi connectivity index (χ1v) is 5.75. The topological polar surface area (TPSA) is 0 Å². The monoisotopic (exact) mass is 186 g/mol. The van der Waals surface area contributed by atoms with Crippen LogP contribution in [0.1, 0.15) is 5.56 Å². The van der Waals surface area contributed by atoms with Crippen LogP contribution in [0.15, 0.2) is 48.6 Å². The van der Waals surface area contributed by atoms with Crippen LogP contribution in [0.2, 0.25) is 0 Å². The Labute approximate surface area is 82.4 Å². The molecule has 0 saturated heterocycles. The first-order chi connectivity index (χ1) is 6.34. The van der Waals surface area contributed by atoms with Crippen LogP contribution < -0.4 is 5.19 Å². The van der Waals surface area contributed by atoms with Gasteiger partial charge < -0.3 is 0 Å². The molecule has 1 aromatic carbocycles. The van der Waals surface area contributed by atoms with E-state index in [1.807, 2.05) is 0 Å². The Morgan fingerprint density at radius 3 is 2.62 bits per heavy atom. The van der Waals surface area contributed by atoms with E-state index in [1.54, 1.807) is 0 Å². The molecule has 1 aliphatic carbocycles. The fourth-order valence-corrected chi connectivity index (χ4v) is 2.29. The van der Waals surface area contributed by atoms with Crippen LogP contribution in [-0.2, 0) is 6.42 Å². The molecule has 0 amide bonds. The molecule has 1 aromatic rings. The van der Waals surface area contributed by atoms with Crippen LogP contribution >= 0.6 is 0 Å². The van der Waals surface area contributed by atoms with Crippen molar-refractivity contribution in [2.24, 2.45) is 5.92 Å². The third kappa shape index (κ3) is 2.19. The second kappa shape index (κ2) is 3.75. The zero-order chi connectivity index (χ0) is 9.10. The summed E-state index contributed by atoms with van der Waals surface area (Å²) in [4.78, 5) is 0. The van der Waals surface area contributed by atoms with E-state index in [9.17, 15) is 0 Å². The molecule has 0 bridgehead atoms. The van der Waals surface area contributed by atoms with Crippen LogP contribution in [0.5, 0.6) is 0 Å². The van der Waals surface area contributed by atoms with Crippen molar-refractivity contribution >= 4 is 15.4 Å². The minimum Gasteiger partial charge on any atom is -0.0773 e. The maximum absolute atomic E-state index is 2.33. The van der Waals surface area contributed by atoms with Crippen molar-refractivity contribution in [3.05, 3.63) is 54.1 Å². The van der Waals surface area contributed by atoms with E-state index in [-0.39, 0.29) is 0 Å². The summed E-state index contributed by atoms with van der Waals surface area (Å²) in [7, 11) is 1.16. The van der Waals surface area contributed by atoms with Gasteiger partial charge in [-0.3, -0.25) is 0 Å². The summed E-state index contributed by atoms with van der Waals surface area (Å²) >= 11 is 0. The van der Waals surface area contributed by atoms with Gasteiger partial charge in [0.1, 0.15) is 0 Å². The minimum absolute atomic E-state index is 0.628. The molecule has 0 heterocycles. The molecule has 0 saturated carbocycles. The average molecular weight is 186 g/mol. The largest absolute Gasteiger partial charge is 0.0773 e. The van der Waals surface area contributed by atoms with Gasteiger partial charge in [-0.1, -0.05) is 53.8 Å². The molecule has 0 N–H and O–H groups in total. The number of benzene rings is 1. The van der Waals surface area contributed by atoms with E-state index in [4.69, 9.17) is 0 Å². The Morgan fingerprint density at radius 1 is 1.15 bits per heavy atom. The van der Waals surface area contributed by atoms with Crippen LogP contribution in [0.4, 0.5) is 0 Å². The van der Waals surface area contributed by atoms with Crippen molar-refractivity contribution < 1.29 is 0 Å². The molecule has 0 aliphatic heterocycles. The second-order valence-electron chi connectivity index (χ2n) is 3.63. The van der Waals surface area contributed by atoms with E-state index < -0.39 is 0 Å². The zero-order valence-corrected chi connectivity index (χ0v) is 9.90. The van der Waals surface area contributed by atoms with Crippen molar-refractivity contribution in [2.75, 3.05) is 0 Å². The number of hydrogen-bond acceptors (Lipinski definition) is 0. The third-order valence-electron chi connectivity index (χ3n) is 2.38. The summed E-state index contributed by atoms with van der Waals surface area (Å²) in [6.07, 6.45) is 9.95. The Morgan fingerprint density at radius 2 is 1.92 bits per heavy atom. The van der Waals surface area contributed by atoms with Gasteiger partial charge >= 0.3 is 0 Å². The van der Waals surface area contributed by atoms with Gasteiger partial charge in [-0.25, -0.2) is 0 Å². The molecule has 13 heavy (non-hydrogen) atoms. The molecule has 66 valence electrons. The standard InChI is InChI=1S/C12H14Si/c13-12-7-3-6-11(9-12)8-10-4-1-2-5-10/h1-7,9-10H,8H2,13H3. The SMILES string of the molecule is [SiH3]c1cccc(CC2C=CC=C2)c1. The molecule has 0 atom stereocenters. The van der Waals surface area contributed by atoms with Gasteiger partial charge in [-0.15, -0.1) is 0 Å². The van der Waals surface area contributed by atoms with Gasteiger partial charge in [-0.2, -0.15) is 0 Å². The van der Waals surface area contributed by atoms with Gasteiger partial charge in [-0.05, 0) is 17.9 Å². The highest BCUT2D eigenvalue weighted by Crippen LogP contribution is 2.14. The lowest BCUT2D eigenvalue weighted by Crippen LogP contribution is -2.04. The van der Waals surface area contributed by atoms with Crippen molar-refractivity contribution in [3.8, 4) is 0 Å². The van der Waals surface area contributed by atoms with Crippen molar-refractivity contribution in [3.63, 3.8) is 0 Å². The molecule has 2 rings (SSSR count). The van der Waals surface area contributed by atoms with E-state index in [2.05, 4.69) is 48.6 Å². The molecule has 0 spiro atoms. The van der Waals surface area contributed by atoms with Gasteiger partial charge in [0.25, 0.3) is 0 Å². The highest BCUT2D eigenvalue weighted by atomic mass is 28.1. The van der Waals surface area contributed by atoms with Crippen LogP contribution in [0, 0.1) is 5.92 Å². The van der Waals surface area contributed by atoms with Gasteiger partial charge in [0.15, 0.2) is 0 Å². The Bertz CT molecular complexity index is 338. The van der Waals surface area contributed by atoms with Gasteiger partial charge in [0.05, 0.1) is 0 Å². The summed E-state index contributed by atoms with van der Waals surface area (Å²) in [6, 6.07) is 8.92. The Kier molecular flexibility index (Phi) is 2.46. The maximum atomic E-state index is 2.33. The maximum Gasteiger partial charge on any atom is 0.0385 e. The molecule has 0 unspecified atom stereocenters. The fraction of sp³-hybridized carbons (Fsp3) is 0.167. The van der Waals surface area contributed by atoms with E-state index >= 15 is 0 Å². The third-order valence-corrected chi connectivity index (χ3v) is 3.00. The van der Waals surface area contributed by atoms with Crippen molar-refractivity contribution in [1.82, 2.24) is 0 Å². The van der Waals surface area contributed by atoms with Crippen LogP contribution in [0.25, 0.3) is 0 Å². The lowest BCUT2D eigenvalue weighted by molar-refractivity contribution is 0.817. The summed E-state index contributed by atoms with van der Waals surface area (Å²) in [5.74, 6) is 0.628. The molecule has 0 aromatic heterocycles. The van der Waals surface area contributed by atoms with Gasteiger partial charge in [0.2, 0.25) is 0 Å². The molecule has 0 fully saturated rings. The Balaban J connectivity index is 2.09. The molecule has 1 heteroatoms. The Hall–Kier alpha value is -1.08. The summed E-state index contributed by atoms with van der Waals surface area (Å²) in [5.41, 5.74) is 1.47. The molecular weight excluding hydrogens is 172 g/mol. The molecule has 0 nitrogen and oxygen atoms in total. The predicted octanol–water partition coefficient (Wildman–Crippen LogP) is 0.962. The quantitative estimate of drug-likeness (QED) is 0.604. The minimum atomic E-state index is 0.628. The second-order valence-corrected chi connectivity index (χ2v) is 4.78. The normalized spacial score (nSPS) is 15.7. The summed E-state index contributed by atoms with van der Waals surface area (Å²) in [5, 5.41) is 1.49. The fourth-order valence-electron chi connectivity index (χ4n) is 1.73. The first kappa shape index (κ1) is 8.51. The summed E-state index contributed by atoms with van der Waals surface area (Å²) < 4.78 is 0. The number of hydrogen-bond donors (Lipinski definition) is 0. The highest BCUT2D eigenvalue weighted by molar-refractivity contribution is 6.32. The first-order valence-electron chi connectivity index (χ1n) is 4.75. The van der Waals surface area contributed by atoms with Crippen molar-refractivity contribution in [2.45, 2.75) is 6.42 Å². The highest BCUT2D eigenvalue weighted by Gasteiger charge is 2.04. The van der Waals surface area contributed by atoms with E-state index in [0.29, 0.717) is 5.92 Å². The zero-order valence-electron chi connectivity index (χ0n) is 7.90. The molecular formula is C12H14Si. The molecule has 0 radical (unpaired) electrons. The predicted molar refractivity (Wildman–Crippen MR) is 61.5 cm³/mol. The molecule has 1 aliphatic rings.